The predicted octanol–water partition coefficient (Wildman–Crippen LogP) is 4.25. The summed E-state index contributed by atoms with van der Waals surface area (Å²) in [6.07, 6.45) is 2.36. The van der Waals surface area contributed by atoms with E-state index < -0.39 is 21.7 Å². The smallest absolute Gasteiger partial charge is 0.310 e. The van der Waals surface area contributed by atoms with Gasteiger partial charge in [0, 0.05) is 19.0 Å². The summed E-state index contributed by atoms with van der Waals surface area (Å²) in [6.45, 7) is 2.22. The number of carbonyl (C=O) groups is 2. The molecule has 0 saturated heterocycles. The maximum Gasteiger partial charge on any atom is 0.310 e. The van der Waals surface area contributed by atoms with Crippen molar-refractivity contribution in [2.75, 3.05) is 20.7 Å². The van der Waals surface area contributed by atoms with E-state index >= 15 is 0 Å². The Morgan fingerprint density at radius 3 is 2.47 bits per heavy atom. The lowest BCUT2D eigenvalue weighted by atomic mass is 10.1. The Morgan fingerprint density at radius 2 is 1.84 bits per heavy atom. The quantitative estimate of drug-likeness (QED) is 0.291. The van der Waals surface area contributed by atoms with Crippen LogP contribution in [0.25, 0.3) is 0 Å². The Bertz CT molecular complexity index is 1120. The number of nitrogens with zero attached hydrogens (tertiary/aromatic N) is 2. The minimum atomic E-state index is -3.51. The lowest BCUT2D eigenvalue weighted by Gasteiger charge is -2.19. The molecule has 172 valence electrons. The molecule has 1 aromatic heterocycles. The van der Waals surface area contributed by atoms with Crippen LogP contribution in [0.5, 0.6) is 0 Å². The molecule has 2 rings (SSSR count). The van der Waals surface area contributed by atoms with Gasteiger partial charge in [0.1, 0.15) is 10.3 Å². The number of ether oxygens (including phenoxy) is 1. The highest BCUT2D eigenvalue weighted by molar-refractivity contribution is 7.94. The minimum Gasteiger partial charge on any atom is -0.469 e. The van der Waals surface area contributed by atoms with Gasteiger partial charge in [-0.2, -0.15) is 0 Å². The van der Waals surface area contributed by atoms with E-state index in [2.05, 4.69) is 9.72 Å². The van der Waals surface area contributed by atoms with Crippen LogP contribution in [-0.4, -0.2) is 50.9 Å². The summed E-state index contributed by atoms with van der Waals surface area (Å²) < 4.78 is 29.3. The topological polar surface area (TPSA) is 93.6 Å². The molecular formula is C22H24Cl2N2O5S. The van der Waals surface area contributed by atoms with Gasteiger partial charge in [-0.25, -0.2) is 13.4 Å². The van der Waals surface area contributed by atoms with Crippen LogP contribution in [0.1, 0.15) is 34.3 Å². The molecule has 0 fully saturated rings. The third kappa shape index (κ3) is 7.05. The molecule has 1 amide bonds. The summed E-state index contributed by atoms with van der Waals surface area (Å²) in [6, 6.07) is 8.03. The van der Waals surface area contributed by atoms with E-state index in [0.29, 0.717) is 24.9 Å². The first-order valence-electron chi connectivity index (χ1n) is 9.70. The van der Waals surface area contributed by atoms with E-state index in [1.54, 1.807) is 37.4 Å². The number of sulfone groups is 1. The standard InChI is InChI=1S/C22H24Cl2N2O5S/c1-15-7-9-17(10-8-15)32(29,30)12-6-4-5-11-26(2)22(28)20-16(14-19(27)31-3)13-18(23)25-21(20)24/h6-10,12-13H,4-5,11,14H2,1-3H3/b12-6+. The van der Waals surface area contributed by atoms with Gasteiger partial charge >= 0.3 is 5.97 Å². The summed E-state index contributed by atoms with van der Waals surface area (Å²) in [5, 5.41) is 1.14. The summed E-state index contributed by atoms with van der Waals surface area (Å²) in [5.74, 6) is -0.964. The number of aryl methyl sites for hydroxylation is 1. The molecule has 0 atom stereocenters. The van der Waals surface area contributed by atoms with E-state index in [1.165, 1.54) is 23.5 Å². The first kappa shape index (κ1) is 25.8. The van der Waals surface area contributed by atoms with Crippen LogP contribution in [0.3, 0.4) is 0 Å². The number of pyridine rings is 1. The van der Waals surface area contributed by atoms with Gasteiger partial charge in [0.05, 0.1) is 24.0 Å². The van der Waals surface area contributed by atoms with Gasteiger partial charge in [0.2, 0.25) is 0 Å². The molecule has 0 aliphatic heterocycles. The summed E-state index contributed by atoms with van der Waals surface area (Å²) in [5.41, 5.74) is 1.38. The van der Waals surface area contributed by atoms with E-state index in [1.807, 2.05) is 6.92 Å². The summed E-state index contributed by atoms with van der Waals surface area (Å²) >= 11 is 12.0. The van der Waals surface area contributed by atoms with E-state index in [0.717, 1.165) is 5.56 Å². The van der Waals surface area contributed by atoms with E-state index in [9.17, 15) is 18.0 Å². The largest absolute Gasteiger partial charge is 0.469 e. The lowest BCUT2D eigenvalue weighted by molar-refractivity contribution is -0.139. The first-order valence-corrected chi connectivity index (χ1v) is 12.0. The van der Waals surface area contributed by atoms with E-state index in [-0.39, 0.29) is 27.2 Å². The Hall–Kier alpha value is -2.42. The Morgan fingerprint density at radius 1 is 1.19 bits per heavy atom. The molecule has 0 aliphatic carbocycles. The molecule has 0 bridgehead atoms. The van der Waals surface area contributed by atoms with Crippen LogP contribution >= 0.6 is 23.2 Å². The highest BCUT2D eigenvalue weighted by Gasteiger charge is 2.23. The van der Waals surface area contributed by atoms with Crippen molar-refractivity contribution in [3.63, 3.8) is 0 Å². The number of esters is 1. The Kier molecular flexibility index (Phi) is 9.24. The van der Waals surface area contributed by atoms with E-state index in [4.69, 9.17) is 23.2 Å². The van der Waals surface area contributed by atoms with Gasteiger partial charge in [-0.1, -0.05) is 47.0 Å². The Balaban J connectivity index is 2.01. The van der Waals surface area contributed by atoms with Gasteiger partial charge < -0.3 is 9.64 Å². The van der Waals surface area contributed by atoms with Crippen LogP contribution in [0.4, 0.5) is 0 Å². The normalized spacial score (nSPS) is 11.5. The molecule has 0 unspecified atom stereocenters. The third-order valence-electron chi connectivity index (χ3n) is 4.64. The van der Waals surface area contributed by atoms with Crippen molar-refractivity contribution in [1.82, 2.24) is 9.88 Å². The molecule has 0 aliphatic rings. The minimum absolute atomic E-state index is 0.0630. The predicted molar refractivity (Wildman–Crippen MR) is 124 cm³/mol. The number of carbonyl (C=O) groups excluding carboxylic acids is 2. The van der Waals surface area contributed by atoms with Gasteiger partial charge in [0.15, 0.2) is 9.84 Å². The number of unbranched alkanes of at least 4 members (excludes halogenated alkanes) is 1. The fraction of sp³-hybridized carbons (Fsp3) is 0.318. The summed E-state index contributed by atoms with van der Waals surface area (Å²) in [7, 11) is -0.681. The molecule has 0 spiro atoms. The van der Waals surface area contributed by atoms with Crippen molar-refractivity contribution in [3.8, 4) is 0 Å². The average molecular weight is 499 g/mol. The summed E-state index contributed by atoms with van der Waals surface area (Å²) in [4.78, 5) is 30.1. The first-order chi connectivity index (χ1) is 15.0. The maximum absolute atomic E-state index is 12.9. The monoisotopic (exact) mass is 498 g/mol. The zero-order chi connectivity index (χ0) is 23.9. The van der Waals surface area contributed by atoms with Crippen molar-refractivity contribution in [3.05, 3.63) is 68.8 Å². The number of hydrogen-bond acceptors (Lipinski definition) is 6. The molecule has 0 saturated carbocycles. The molecule has 10 heteroatoms. The zero-order valence-corrected chi connectivity index (χ0v) is 20.3. The molecular weight excluding hydrogens is 475 g/mol. The maximum atomic E-state index is 12.9. The highest BCUT2D eigenvalue weighted by atomic mass is 35.5. The number of allylic oxidation sites excluding steroid dienone is 1. The SMILES string of the molecule is COC(=O)Cc1cc(Cl)nc(Cl)c1C(=O)N(C)CCC/C=C/S(=O)(=O)c1ccc(C)cc1. The molecule has 1 aromatic carbocycles. The fourth-order valence-corrected chi connectivity index (χ4v) is 4.48. The molecule has 32 heavy (non-hydrogen) atoms. The Labute approximate surface area is 197 Å². The zero-order valence-electron chi connectivity index (χ0n) is 18.0. The second kappa shape index (κ2) is 11.4. The van der Waals surface area contributed by atoms with Crippen molar-refractivity contribution in [2.24, 2.45) is 0 Å². The number of amides is 1. The van der Waals surface area contributed by atoms with Crippen molar-refractivity contribution >= 4 is 44.9 Å². The molecule has 0 N–H and O–H groups in total. The van der Waals surface area contributed by atoms with Crippen LogP contribution in [-0.2, 0) is 25.8 Å². The van der Waals surface area contributed by atoms with Crippen LogP contribution in [0, 0.1) is 6.92 Å². The van der Waals surface area contributed by atoms with Crippen LogP contribution < -0.4 is 0 Å². The lowest BCUT2D eigenvalue weighted by Crippen LogP contribution is -2.29. The highest BCUT2D eigenvalue weighted by Crippen LogP contribution is 2.24. The number of halogens is 2. The van der Waals surface area contributed by atoms with Crippen LogP contribution in [0.2, 0.25) is 10.3 Å². The van der Waals surface area contributed by atoms with Gasteiger partial charge in [-0.05, 0) is 43.5 Å². The fourth-order valence-electron chi connectivity index (χ4n) is 2.86. The second-order valence-corrected chi connectivity index (χ2v) is 9.70. The van der Waals surface area contributed by atoms with Crippen LogP contribution in [0.15, 0.2) is 46.7 Å². The number of rotatable bonds is 9. The molecule has 1 heterocycles. The molecule has 0 radical (unpaired) electrons. The van der Waals surface area contributed by atoms with Crippen molar-refractivity contribution in [2.45, 2.75) is 31.1 Å². The molecule has 7 nitrogen and oxygen atoms in total. The van der Waals surface area contributed by atoms with Gasteiger partial charge in [-0.15, -0.1) is 0 Å². The second-order valence-electron chi connectivity index (χ2n) is 7.12. The van der Waals surface area contributed by atoms with Crippen molar-refractivity contribution in [1.29, 1.82) is 0 Å². The third-order valence-corrected chi connectivity index (χ3v) is 6.59. The number of aromatic nitrogens is 1. The van der Waals surface area contributed by atoms with Gasteiger partial charge in [-0.3, -0.25) is 9.59 Å². The molecule has 2 aromatic rings. The number of hydrogen-bond donors (Lipinski definition) is 0. The van der Waals surface area contributed by atoms with Gasteiger partial charge in [0.25, 0.3) is 5.91 Å². The average Bonchev–Trinajstić information content (AvgIpc) is 2.72. The van der Waals surface area contributed by atoms with Crippen molar-refractivity contribution < 1.29 is 22.7 Å². The number of benzene rings is 1. The number of methoxy groups -OCH3 is 1.